The third-order valence-corrected chi connectivity index (χ3v) is 4.07. The van der Waals surface area contributed by atoms with Crippen molar-refractivity contribution in [3.8, 4) is 17.2 Å². The number of hydrogen-bond acceptors (Lipinski definition) is 4. The maximum absolute atomic E-state index is 14.6. The Morgan fingerprint density at radius 2 is 2.16 bits per heavy atom. The number of fused-ring (bicyclic) bond motifs is 1. The third-order valence-electron chi connectivity index (χ3n) is 3.79. The Bertz CT molecular complexity index is 987. The second-order valence-electron chi connectivity index (χ2n) is 6.29. The standard InChI is InChI=1S/C18H17ClFN5/c1-10(2)8-22-18-15(13-5-4-11(3)6-14(13)20)16(19)24-17-12(7-21)9-23-25(17)18/h4-6,9-10,22H,8H2,1-3H3. The van der Waals surface area contributed by atoms with Crippen molar-refractivity contribution in [1.82, 2.24) is 14.6 Å². The molecule has 0 spiro atoms. The van der Waals surface area contributed by atoms with Crippen molar-refractivity contribution in [3.05, 3.63) is 46.5 Å². The lowest BCUT2D eigenvalue weighted by Gasteiger charge is -2.17. The van der Waals surface area contributed by atoms with E-state index in [0.717, 1.165) is 5.56 Å². The van der Waals surface area contributed by atoms with Crippen LogP contribution in [0, 0.1) is 30.0 Å². The fourth-order valence-corrected chi connectivity index (χ4v) is 2.84. The molecule has 0 bridgehead atoms. The molecular formula is C18H17ClFN5. The smallest absolute Gasteiger partial charge is 0.176 e. The highest BCUT2D eigenvalue weighted by Crippen LogP contribution is 2.36. The Hall–Kier alpha value is -2.65. The number of hydrogen-bond donors (Lipinski definition) is 1. The third kappa shape index (κ3) is 3.15. The van der Waals surface area contributed by atoms with E-state index in [1.165, 1.54) is 16.8 Å². The maximum atomic E-state index is 14.6. The molecule has 0 saturated carbocycles. The summed E-state index contributed by atoms with van der Waals surface area (Å²) in [6.45, 7) is 6.57. The van der Waals surface area contributed by atoms with Crippen molar-refractivity contribution in [1.29, 1.82) is 5.26 Å². The summed E-state index contributed by atoms with van der Waals surface area (Å²) in [7, 11) is 0. The second kappa shape index (κ2) is 6.69. The van der Waals surface area contributed by atoms with Crippen LogP contribution < -0.4 is 5.32 Å². The molecular weight excluding hydrogens is 341 g/mol. The van der Waals surface area contributed by atoms with Crippen molar-refractivity contribution >= 4 is 23.1 Å². The molecule has 0 aliphatic rings. The van der Waals surface area contributed by atoms with Crippen LogP contribution in [0.4, 0.5) is 10.2 Å². The minimum atomic E-state index is -0.386. The van der Waals surface area contributed by atoms with E-state index >= 15 is 0 Å². The SMILES string of the molecule is Cc1ccc(-c2c(Cl)nc3c(C#N)cnn3c2NCC(C)C)c(F)c1. The minimum absolute atomic E-state index is 0.124. The first-order valence-electron chi connectivity index (χ1n) is 7.90. The average Bonchev–Trinajstić information content (AvgIpc) is 2.95. The Kier molecular flexibility index (Phi) is 4.60. The number of anilines is 1. The highest BCUT2D eigenvalue weighted by Gasteiger charge is 2.21. The molecule has 3 rings (SSSR count). The zero-order valence-electron chi connectivity index (χ0n) is 14.1. The summed E-state index contributed by atoms with van der Waals surface area (Å²) in [6, 6.07) is 6.98. The minimum Gasteiger partial charge on any atom is -0.369 e. The van der Waals surface area contributed by atoms with Crippen LogP contribution in [0.2, 0.25) is 5.15 Å². The molecule has 0 unspecified atom stereocenters. The van der Waals surface area contributed by atoms with Gasteiger partial charge >= 0.3 is 0 Å². The lowest BCUT2D eigenvalue weighted by atomic mass is 10.0. The van der Waals surface area contributed by atoms with Crippen LogP contribution in [-0.4, -0.2) is 21.1 Å². The van der Waals surface area contributed by atoms with Gasteiger partial charge in [-0.05, 0) is 24.5 Å². The van der Waals surface area contributed by atoms with Crippen molar-refractivity contribution in [2.24, 2.45) is 5.92 Å². The number of rotatable bonds is 4. The molecule has 0 saturated heterocycles. The van der Waals surface area contributed by atoms with Gasteiger partial charge in [-0.1, -0.05) is 37.6 Å². The van der Waals surface area contributed by atoms with E-state index in [9.17, 15) is 9.65 Å². The van der Waals surface area contributed by atoms with Crippen LogP contribution in [-0.2, 0) is 0 Å². The highest BCUT2D eigenvalue weighted by atomic mass is 35.5. The summed E-state index contributed by atoms with van der Waals surface area (Å²) >= 11 is 6.39. The molecule has 1 N–H and O–H groups in total. The first-order chi connectivity index (χ1) is 11.9. The first kappa shape index (κ1) is 17.2. The summed E-state index contributed by atoms with van der Waals surface area (Å²) in [5, 5.41) is 16.8. The fourth-order valence-electron chi connectivity index (χ4n) is 2.57. The second-order valence-corrected chi connectivity index (χ2v) is 6.65. The summed E-state index contributed by atoms with van der Waals surface area (Å²) in [5.41, 5.74) is 2.24. The number of nitrogens with one attached hydrogen (secondary N) is 1. The Labute approximate surface area is 150 Å². The van der Waals surface area contributed by atoms with Gasteiger partial charge in [0.1, 0.15) is 28.4 Å². The summed E-state index contributed by atoms with van der Waals surface area (Å²) in [4.78, 5) is 4.27. The van der Waals surface area contributed by atoms with E-state index in [4.69, 9.17) is 11.6 Å². The van der Waals surface area contributed by atoms with E-state index in [0.29, 0.717) is 40.6 Å². The van der Waals surface area contributed by atoms with Crippen LogP contribution in [0.1, 0.15) is 25.0 Å². The predicted molar refractivity (Wildman–Crippen MR) is 96.2 cm³/mol. The van der Waals surface area contributed by atoms with Crippen LogP contribution in [0.5, 0.6) is 0 Å². The van der Waals surface area contributed by atoms with E-state index in [2.05, 4.69) is 29.2 Å². The number of benzene rings is 1. The molecule has 2 heterocycles. The van der Waals surface area contributed by atoms with Crippen molar-refractivity contribution in [3.63, 3.8) is 0 Å². The molecule has 3 aromatic rings. The maximum Gasteiger partial charge on any atom is 0.176 e. The fraction of sp³-hybridized carbons (Fsp3) is 0.278. The van der Waals surface area contributed by atoms with Gasteiger partial charge in [0.15, 0.2) is 5.65 Å². The summed E-state index contributed by atoms with van der Waals surface area (Å²) in [5.74, 6) is 0.486. The largest absolute Gasteiger partial charge is 0.369 e. The Morgan fingerprint density at radius 3 is 2.80 bits per heavy atom. The predicted octanol–water partition coefficient (Wildman–Crippen LogP) is 4.44. The highest BCUT2D eigenvalue weighted by molar-refractivity contribution is 6.33. The van der Waals surface area contributed by atoms with E-state index in [-0.39, 0.29) is 11.0 Å². The molecule has 7 heteroatoms. The topological polar surface area (TPSA) is 66.0 Å². The molecule has 25 heavy (non-hydrogen) atoms. The molecule has 128 valence electrons. The van der Waals surface area contributed by atoms with E-state index in [1.54, 1.807) is 6.07 Å². The van der Waals surface area contributed by atoms with Crippen LogP contribution >= 0.6 is 11.6 Å². The molecule has 0 atom stereocenters. The normalized spacial score (nSPS) is 11.1. The van der Waals surface area contributed by atoms with Gasteiger partial charge in [0.25, 0.3) is 0 Å². The van der Waals surface area contributed by atoms with Gasteiger partial charge < -0.3 is 5.32 Å². The van der Waals surface area contributed by atoms with Gasteiger partial charge in [0, 0.05) is 12.1 Å². The van der Waals surface area contributed by atoms with Crippen molar-refractivity contribution < 1.29 is 4.39 Å². The van der Waals surface area contributed by atoms with Gasteiger partial charge in [-0.2, -0.15) is 14.9 Å². The van der Waals surface area contributed by atoms with Gasteiger partial charge in [-0.25, -0.2) is 9.37 Å². The van der Waals surface area contributed by atoms with Crippen LogP contribution in [0.3, 0.4) is 0 Å². The van der Waals surface area contributed by atoms with E-state index < -0.39 is 0 Å². The first-order valence-corrected chi connectivity index (χ1v) is 8.28. The number of nitriles is 1. The number of halogens is 2. The van der Waals surface area contributed by atoms with Crippen molar-refractivity contribution in [2.45, 2.75) is 20.8 Å². The Morgan fingerprint density at radius 1 is 1.40 bits per heavy atom. The molecule has 0 radical (unpaired) electrons. The zero-order chi connectivity index (χ0) is 18.1. The molecule has 0 aliphatic heterocycles. The lowest BCUT2D eigenvalue weighted by molar-refractivity contribution is 0.630. The Balaban J connectivity index is 2.31. The molecule has 0 amide bonds. The number of aryl methyl sites for hydroxylation is 1. The zero-order valence-corrected chi connectivity index (χ0v) is 14.9. The number of aromatic nitrogens is 3. The molecule has 0 fully saturated rings. The van der Waals surface area contributed by atoms with Crippen LogP contribution in [0.15, 0.2) is 24.4 Å². The van der Waals surface area contributed by atoms with Crippen LogP contribution in [0.25, 0.3) is 16.8 Å². The monoisotopic (exact) mass is 357 g/mol. The quantitative estimate of drug-likeness (QED) is 0.701. The van der Waals surface area contributed by atoms with E-state index in [1.807, 2.05) is 19.1 Å². The average molecular weight is 358 g/mol. The molecule has 5 nitrogen and oxygen atoms in total. The lowest BCUT2D eigenvalue weighted by Crippen LogP contribution is -2.14. The van der Waals surface area contributed by atoms with Gasteiger partial charge in [0.05, 0.1) is 11.8 Å². The van der Waals surface area contributed by atoms with Gasteiger partial charge in [0.2, 0.25) is 0 Å². The number of nitrogens with zero attached hydrogens (tertiary/aromatic N) is 4. The van der Waals surface area contributed by atoms with Gasteiger partial charge in [-0.3, -0.25) is 0 Å². The summed E-state index contributed by atoms with van der Waals surface area (Å²) in [6.07, 6.45) is 1.43. The molecule has 0 aliphatic carbocycles. The molecule has 2 aromatic heterocycles. The van der Waals surface area contributed by atoms with Crippen molar-refractivity contribution in [2.75, 3.05) is 11.9 Å². The van der Waals surface area contributed by atoms with Gasteiger partial charge in [-0.15, -0.1) is 0 Å². The summed E-state index contributed by atoms with van der Waals surface area (Å²) < 4.78 is 16.1. The molecule has 1 aromatic carbocycles.